The van der Waals surface area contributed by atoms with Crippen molar-refractivity contribution in [2.45, 2.75) is 54.5 Å². The average Bonchev–Trinajstić information content (AvgIpc) is 2.50. The molecule has 1 aromatic rings. The molecule has 0 aliphatic carbocycles. The summed E-state index contributed by atoms with van der Waals surface area (Å²) in [6.45, 7) is 15.1. The third-order valence-corrected chi connectivity index (χ3v) is 4.14. The van der Waals surface area contributed by atoms with E-state index in [1.54, 1.807) is 13.8 Å². The first-order valence-electron chi connectivity index (χ1n) is 8.61. The number of hydrogen-bond donors (Lipinski definition) is 2. The Labute approximate surface area is 145 Å². The van der Waals surface area contributed by atoms with Gasteiger partial charge in [0.25, 0.3) is 0 Å². The van der Waals surface area contributed by atoms with Crippen LogP contribution in [0.3, 0.4) is 0 Å². The fourth-order valence-corrected chi connectivity index (χ4v) is 2.40. The Balaban J connectivity index is 2.92. The van der Waals surface area contributed by atoms with Crippen LogP contribution in [-0.4, -0.2) is 30.9 Å². The molecule has 1 aromatic carbocycles. The van der Waals surface area contributed by atoms with Gasteiger partial charge in [0.1, 0.15) is 5.41 Å². The van der Waals surface area contributed by atoms with Gasteiger partial charge in [0.2, 0.25) is 11.8 Å². The van der Waals surface area contributed by atoms with Gasteiger partial charge < -0.3 is 15.5 Å². The lowest BCUT2D eigenvalue weighted by Gasteiger charge is -2.25. The Hall–Kier alpha value is -2.04. The molecule has 0 spiro atoms. The molecule has 5 heteroatoms. The summed E-state index contributed by atoms with van der Waals surface area (Å²) in [6, 6.07) is 5.96. The van der Waals surface area contributed by atoms with Crippen LogP contribution in [0.4, 0.5) is 11.4 Å². The average molecular weight is 333 g/mol. The largest absolute Gasteiger partial charge is 0.372 e. The molecule has 0 fully saturated rings. The van der Waals surface area contributed by atoms with Crippen molar-refractivity contribution in [1.29, 1.82) is 0 Å². The lowest BCUT2D eigenvalue weighted by molar-refractivity contribution is -0.138. The highest BCUT2D eigenvalue weighted by atomic mass is 16.2. The molecule has 0 bridgehead atoms. The summed E-state index contributed by atoms with van der Waals surface area (Å²) in [4.78, 5) is 27.0. The first kappa shape index (κ1) is 20.0. The maximum atomic E-state index is 12.6. The number of benzene rings is 1. The topological polar surface area (TPSA) is 61.4 Å². The zero-order valence-corrected chi connectivity index (χ0v) is 16.0. The van der Waals surface area contributed by atoms with E-state index in [1.165, 1.54) is 0 Å². The van der Waals surface area contributed by atoms with Gasteiger partial charge >= 0.3 is 0 Å². The molecule has 2 N–H and O–H groups in total. The summed E-state index contributed by atoms with van der Waals surface area (Å²) in [5.74, 6) is -0.577. The van der Waals surface area contributed by atoms with E-state index < -0.39 is 5.41 Å². The lowest BCUT2D eigenvalue weighted by Crippen LogP contribution is -2.47. The highest BCUT2D eigenvalue weighted by molar-refractivity contribution is 6.10. The highest BCUT2D eigenvalue weighted by Gasteiger charge is 2.36. The maximum Gasteiger partial charge on any atom is 0.239 e. The smallest absolute Gasteiger partial charge is 0.239 e. The number of anilines is 2. The van der Waals surface area contributed by atoms with Crippen molar-refractivity contribution in [3.05, 3.63) is 23.8 Å². The van der Waals surface area contributed by atoms with Gasteiger partial charge in [-0.2, -0.15) is 0 Å². The van der Waals surface area contributed by atoms with Gasteiger partial charge in [0.15, 0.2) is 0 Å². The summed E-state index contributed by atoms with van der Waals surface area (Å²) < 4.78 is 0. The monoisotopic (exact) mass is 333 g/mol. The molecule has 0 aliphatic heterocycles. The molecule has 0 atom stereocenters. The van der Waals surface area contributed by atoms with Gasteiger partial charge in [-0.15, -0.1) is 0 Å². The van der Waals surface area contributed by atoms with Crippen molar-refractivity contribution in [3.63, 3.8) is 0 Å². The van der Waals surface area contributed by atoms with Crippen LogP contribution < -0.4 is 15.5 Å². The zero-order chi connectivity index (χ0) is 18.5. The van der Waals surface area contributed by atoms with Crippen molar-refractivity contribution in [1.82, 2.24) is 5.32 Å². The molecule has 24 heavy (non-hydrogen) atoms. The van der Waals surface area contributed by atoms with Crippen LogP contribution in [0.15, 0.2) is 18.2 Å². The second-order valence-corrected chi connectivity index (χ2v) is 6.88. The number of nitrogens with one attached hydrogen (secondary N) is 2. The van der Waals surface area contributed by atoms with E-state index in [0.29, 0.717) is 0 Å². The standard InChI is InChI=1S/C19H31N3O2/c1-8-22(9-2)15-10-11-16(14(5)12-15)21-18(24)19(6,7)17(23)20-13(3)4/h10-13H,8-9H2,1-7H3,(H,20,23)(H,21,24). The Morgan fingerprint density at radius 3 is 2.17 bits per heavy atom. The Bertz CT molecular complexity index is 590. The van der Waals surface area contributed by atoms with E-state index in [9.17, 15) is 9.59 Å². The highest BCUT2D eigenvalue weighted by Crippen LogP contribution is 2.25. The van der Waals surface area contributed by atoms with Gasteiger partial charge in [-0.25, -0.2) is 0 Å². The maximum absolute atomic E-state index is 12.6. The fraction of sp³-hybridized carbons (Fsp3) is 0.579. The summed E-state index contributed by atoms with van der Waals surface area (Å²) in [6.07, 6.45) is 0. The molecular weight excluding hydrogens is 302 g/mol. The number of rotatable bonds is 7. The number of amides is 2. The van der Waals surface area contributed by atoms with Crippen molar-refractivity contribution in [2.24, 2.45) is 5.41 Å². The molecule has 0 aliphatic rings. The molecule has 0 heterocycles. The summed E-state index contributed by atoms with van der Waals surface area (Å²) in [5.41, 5.74) is 1.72. The Morgan fingerprint density at radius 1 is 1.12 bits per heavy atom. The van der Waals surface area contributed by atoms with E-state index in [-0.39, 0.29) is 17.9 Å². The summed E-state index contributed by atoms with van der Waals surface area (Å²) >= 11 is 0. The third-order valence-electron chi connectivity index (χ3n) is 4.14. The van der Waals surface area contributed by atoms with Gasteiger partial charge in [0.05, 0.1) is 0 Å². The van der Waals surface area contributed by atoms with Crippen LogP contribution in [0.1, 0.15) is 47.1 Å². The molecule has 0 radical (unpaired) electrons. The SMILES string of the molecule is CCN(CC)c1ccc(NC(=O)C(C)(C)C(=O)NC(C)C)c(C)c1. The van der Waals surface area contributed by atoms with E-state index >= 15 is 0 Å². The Kier molecular flexibility index (Phi) is 6.81. The molecule has 2 amide bonds. The number of carbonyl (C=O) groups excluding carboxylic acids is 2. The molecule has 0 saturated heterocycles. The summed E-state index contributed by atoms with van der Waals surface area (Å²) in [5, 5.41) is 5.69. The number of nitrogens with zero attached hydrogens (tertiary/aromatic N) is 1. The zero-order valence-electron chi connectivity index (χ0n) is 16.0. The number of carbonyl (C=O) groups is 2. The first-order valence-corrected chi connectivity index (χ1v) is 8.61. The number of aryl methyl sites for hydroxylation is 1. The van der Waals surface area contributed by atoms with Crippen molar-refractivity contribution in [3.8, 4) is 0 Å². The number of hydrogen-bond acceptors (Lipinski definition) is 3. The van der Waals surface area contributed by atoms with Crippen LogP contribution in [0.25, 0.3) is 0 Å². The fourth-order valence-electron chi connectivity index (χ4n) is 2.40. The molecule has 5 nitrogen and oxygen atoms in total. The molecule has 1 rings (SSSR count). The lowest BCUT2D eigenvalue weighted by atomic mass is 9.90. The van der Waals surface area contributed by atoms with Crippen LogP contribution in [0, 0.1) is 12.3 Å². The minimum Gasteiger partial charge on any atom is -0.372 e. The third kappa shape index (κ3) is 4.73. The molecule has 0 saturated carbocycles. The van der Waals surface area contributed by atoms with E-state index in [0.717, 1.165) is 30.0 Å². The summed E-state index contributed by atoms with van der Waals surface area (Å²) in [7, 11) is 0. The first-order chi connectivity index (χ1) is 11.1. The Morgan fingerprint density at radius 2 is 1.71 bits per heavy atom. The minimum absolute atomic E-state index is 0.000310. The predicted molar refractivity (Wildman–Crippen MR) is 100 cm³/mol. The van der Waals surface area contributed by atoms with Crippen LogP contribution in [0.5, 0.6) is 0 Å². The molecule has 0 aromatic heterocycles. The van der Waals surface area contributed by atoms with Crippen molar-refractivity contribution >= 4 is 23.2 Å². The van der Waals surface area contributed by atoms with Gasteiger partial charge in [-0.3, -0.25) is 9.59 Å². The van der Waals surface area contributed by atoms with E-state index in [1.807, 2.05) is 32.9 Å². The second-order valence-electron chi connectivity index (χ2n) is 6.88. The second kappa shape index (κ2) is 8.18. The molecule has 0 unspecified atom stereocenters. The van der Waals surface area contributed by atoms with Crippen LogP contribution in [-0.2, 0) is 9.59 Å². The molecule has 134 valence electrons. The van der Waals surface area contributed by atoms with Gasteiger partial charge in [-0.05, 0) is 72.2 Å². The van der Waals surface area contributed by atoms with Crippen molar-refractivity contribution in [2.75, 3.05) is 23.3 Å². The van der Waals surface area contributed by atoms with Gasteiger partial charge in [-0.1, -0.05) is 0 Å². The normalized spacial score (nSPS) is 11.3. The van der Waals surface area contributed by atoms with E-state index in [2.05, 4.69) is 35.4 Å². The predicted octanol–water partition coefficient (Wildman–Crippen LogP) is 3.33. The quantitative estimate of drug-likeness (QED) is 0.752. The minimum atomic E-state index is -1.13. The van der Waals surface area contributed by atoms with Gasteiger partial charge in [0, 0.05) is 30.5 Å². The van der Waals surface area contributed by atoms with Crippen LogP contribution >= 0.6 is 0 Å². The molecular formula is C19H31N3O2. The van der Waals surface area contributed by atoms with Crippen LogP contribution in [0.2, 0.25) is 0 Å². The van der Waals surface area contributed by atoms with E-state index in [4.69, 9.17) is 0 Å². The van der Waals surface area contributed by atoms with Crippen molar-refractivity contribution < 1.29 is 9.59 Å².